The van der Waals surface area contributed by atoms with Crippen LogP contribution in [0.2, 0.25) is 0 Å². The first-order valence-electron chi connectivity index (χ1n) is 7.72. The monoisotopic (exact) mass is 321 g/mol. The number of fused-ring (bicyclic) bond motifs is 1. The van der Waals surface area contributed by atoms with Crippen molar-refractivity contribution in [3.63, 3.8) is 0 Å². The van der Waals surface area contributed by atoms with Gasteiger partial charge in [-0.3, -0.25) is 4.79 Å². The van der Waals surface area contributed by atoms with E-state index in [0.717, 1.165) is 48.4 Å². The van der Waals surface area contributed by atoms with Crippen LogP contribution in [0.3, 0.4) is 0 Å². The highest BCUT2D eigenvalue weighted by Gasteiger charge is 2.19. The number of rotatable bonds is 5. The van der Waals surface area contributed by atoms with E-state index < -0.39 is 0 Å². The highest BCUT2D eigenvalue weighted by molar-refractivity contribution is 6.27. The number of carbonyl (C=O) groups is 1. The van der Waals surface area contributed by atoms with Crippen molar-refractivity contribution in [3.8, 4) is 11.5 Å². The van der Waals surface area contributed by atoms with Crippen LogP contribution in [-0.2, 0) is 11.2 Å². The Balaban J connectivity index is 1.68. The molecule has 0 saturated heterocycles. The van der Waals surface area contributed by atoms with Crippen molar-refractivity contribution in [2.75, 3.05) is 19.2 Å². The van der Waals surface area contributed by atoms with Crippen molar-refractivity contribution in [2.24, 2.45) is 0 Å². The van der Waals surface area contributed by atoms with Crippen LogP contribution in [0.1, 0.15) is 31.2 Å². The van der Waals surface area contributed by atoms with Crippen LogP contribution >= 0.6 is 11.6 Å². The van der Waals surface area contributed by atoms with Crippen molar-refractivity contribution in [3.05, 3.63) is 35.5 Å². The fourth-order valence-corrected chi connectivity index (χ4v) is 3.05. The van der Waals surface area contributed by atoms with Crippen LogP contribution < -0.4 is 9.47 Å². The number of hydrogen-bond donors (Lipinski definition) is 0. The first kappa shape index (κ1) is 15.2. The van der Waals surface area contributed by atoms with E-state index in [1.807, 2.05) is 23.1 Å². The number of halogens is 1. The van der Waals surface area contributed by atoms with Gasteiger partial charge in [-0.15, -0.1) is 11.6 Å². The van der Waals surface area contributed by atoms with Gasteiger partial charge in [0.2, 0.25) is 12.7 Å². The molecule has 22 heavy (non-hydrogen) atoms. The van der Waals surface area contributed by atoms with Crippen LogP contribution in [0.4, 0.5) is 0 Å². The molecular formula is C17H20ClNO3. The minimum atomic E-state index is -0.0180. The van der Waals surface area contributed by atoms with E-state index in [9.17, 15) is 4.79 Å². The highest BCUT2D eigenvalue weighted by atomic mass is 35.5. The van der Waals surface area contributed by atoms with Crippen molar-refractivity contribution < 1.29 is 14.3 Å². The van der Waals surface area contributed by atoms with Crippen LogP contribution in [0.15, 0.2) is 30.0 Å². The molecular weight excluding hydrogens is 302 g/mol. The number of alkyl halides is 1. The van der Waals surface area contributed by atoms with E-state index in [0.29, 0.717) is 6.54 Å². The Bertz CT molecular complexity index is 585. The van der Waals surface area contributed by atoms with Crippen LogP contribution in [-0.4, -0.2) is 30.0 Å². The molecule has 1 aromatic rings. The number of allylic oxidation sites excluding steroid dienone is 2. The zero-order chi connectivity index (χ0) is 15.4. The van der Waals surface area contributed by atoms with Gasteiger partial charge in [0.15, 0.2) is 11.5 Å². The molecule has 1 aromatic carbocycles. The molecule has 0 aromatic heterocycles. The molecule has 0 bridgehead atoms. The Morgan fingerprint density at radius 2 is 2.09 bits per heavy atom. The number of carbonyl (C=O) groups excluding carboxylic acids is 1. The van der Waals surface area contributed by atoms with Crippen molar-refractivity contribution in [1.29, 1.82) is 0 Å². The summed E-state index contributed by atoms with van der Waals surface area (Å²) in [7, 11) is 0. The van der Waals surface area contributed by atoms with E-state index >= 15 is 0 Å². The van der Waals surface area contributed by atoms with E-state index in [1.165, 1.54) is 6.42 Å². The summed E-state index contributed by atoms with van der Waals surface area (Å²) in [6.07, 6.45) is 7.30. The van der Waals surface area contributed by atoms with Crippen LogP contribution in [0.5, 0.6) is 11.5 Å². The van der Waals surface area contributed by atoms with Gasteiger partial charge < -0.3 is 14.4 Å². The first-order chi connectivity index (χ1) is 10.8. The van der Waals surface area contributed by atoms with E-state index in [4.69, 9.17) is 21.1 Å². The lowest BCUT2D eigenvalue weighted by Crippen LogP contribution is -2.33. The van der Waals surface area contributed by atoms with Gasteiger partial charge in [0.05, 0.1) is 0 Å². The standard InChI is InChI=1S/C17H20ClNO3/c18-11-17(20)19(14-4-2-1-3-5-14)9-8-13-6-7-15-16(10-13)22-12-21-15/h4,6-7,10H,1-3,5,8-9,11-12H2. The number of ether oxygens (including phenoxy) is 2. The van der Waals surface area contributed by atoms with Crippen molar-refractivity contribution in [1.82, 2.24) is 4.90 Å². The van der Waals surface area contributed by atoms with Gasteiger partial charge in [0.1, 0.15) is 5.88 Å². The van der Waals surface area contributed by atoms with Crippen LogP contribution in [0, 0.1) is 0 Å². The molecule has 0 spiro atoms. The second-order valence-electron chi connectivity index (χ2n) is 5.56. The molecule has 1 aliphatic carbocycles. The Morgan fingerprint density at radius 1 is 1.23 bits per heavy atom. The molecule has 1 heterocycles. The topological polar surface area (TPSA) is 38.8 Å². The van der Waals surface area contributed by atoms with E-state index in [1.54, 1.807) is 0 Å². The Morgan fingerprint density at radius 3 is 2.86 bits per heavy atom. The lowest BCUT2D eigenvalue weighted by atomic mass is 10.0. The molecule has 5 heteroatoms. The summed E-state index contributed by atoms with van der Waals surface area (Å²) in [5.41, 5.74) is 2.26. The molecule has 0 fully saturated rings. The fraction of sp³-hybridized carbons (Fsp3) is 0.471. The minimum absolute atomic E-state index is 0.0180. The molecule has 1 aliphatic heterocycles. The minimum Gasteiger partial charge on any atom is -0.454 e. The quantitative estimate of drug-likeness (QED) is 0.779. The summed E-state index contributed by atoms with van der Waals surface area (Å²) in [5, 5.41) is 0. The van der Waals surface area contributed by atoms with Gasteiger partial charge >= 0.3 is 0 Å². The smallest absolute Gasteiger partial charge is 0.241 e. The summed E-state index contributed by atoms with van der Waals surface area (Å²) in [6.45, 7) is 0.930. The lowest BCUT2D eigenvalue weighted by molar-refractivity contribution is -0.126. The van der Waals surface area contributed by atoms with E-state index in [2.05, 4.69) is 6.08 Å². The fourth-order valence-electron chi connectivity index (χ4n) is 2.90. The summed E-state index contributed by atoms with van der Waals surface area (Å²) in [4.78, 5) is 14.0. The molecule has 0 atom stereocenters. The van der Waals surface area contributed by atoms with Crippen molar-refractivity contribution >= 4 is 17.5 Å². The number of benzene rings is 1. The Hall–Kier alpha value is -1.68. The number of nitrogens with zero attached hydrogens (tertiary/aromatic N) is 1. The number of amides is 1. The second kappa shape index (κ2) is 7.05. The lowest BCUT2D eigenvalue weighted by Gasteiger charge is -2.27. The summed E-state index contributed by atoms with van der Waals surface area (Å²) < 4.78 is 10.7. The largest absolute Gasteiger partial charge is 0.454 e. The normalized spacial score (nSPS) is 16.3. The van der Waals surface area contributed by atoms with Gasteiger partial charge in [0, 0.05) is 12.2 Å². The summed E-state index contributed by atoms with van der Waals surface area (Å²) in [5.74, 6) is 1.57. The average Bonchev–Trinajstić information content (AvgIpc) is 3.03. The molecule has 0 saturated carbocycles. The van der Waals surface area contributed by atoms with Gasteiger partial charge in [-0.25, -0.2) is 0 Å². The molecule has 2 aliphatic rings. The van der Waals surface area contributed by atoms with E-state index in [-0.39, 0.29) is 18.6 Å². The summed E-state index contributed by atoms with van der Waals surface area (Å²) in [6, 6.07) is 5.93. The molecule has 0 N–H and O–H groups in total. The molecule has 1 amide bonds. The second-order valence-corrected chi connectivity index (χ2v) is 5.83. The zero-order valence-corrected chi connectivity index (χ0v) is 13.3. The summed E-state index contributed by atoms with van der Waals surface area (Å²) >= 11 is 5.77. The van der Waals surface area contributed by atoms with Crippen molar-refractivity contribution in [2.45, 2.75) is 32.1 Å². The highest BCUT2D eigenvalue weighted by Crippen LogP contribution is 2.32. The maximum atomic E-state index is 12.1. The van der Waals surface area contributed by atoms with Gasteiger partial charge in [-0.1, -0.05) is 12.1 Å². The average molecular weight is 322 g/mol. The Kier molecular flexibility index (Phi) is 4.88. The zero-order valence-electron chi connectivity index (χ0n) is 12.5. The van der Waals surface area contributed by atoms with Gasteiger partial charge in [-0.05, 0) is 49.8 Å². The van der Waals surface area contributed by atoms with Gasteiger partial charge in [0.25, 0.3) is 0 Å². The predicted octanol–water partition coefficient (Wildman–Crippen LogP) is 3.48. The molecule has 3 rings (SSSR count). The van der Waals surface area contributed by atoms with Crippen LogP contribution in [0.25, 0.3) is 0 Å². The third-order valence-electron chi connectivity index (χ3n) is 4.09. The maximum absolute atomic E-state index is 12.1. The third-order valence-corrected chi connectivity index (χ3v) is 4.32. The molecule has 0 radical (unpaired) electrons. The maximum Gasteiger partial charge on any atom is 0.241 e. The molecule has 118 valence electrons. The predicted molar refractivity (Wildman–Crippen MR) is 85.3 cm³/mol. The third kappa shape index (κ3) is 3.38. The first-order valence-corrected chi connectivity index (χ1v) is 8.25. The molecule has 0 unspecified atom stereocenters. The van der Waals surface area contributed by atoms with Gasteiger partial charge in [-0.2, -0.15) is 0 Å². The molecule has 4 nitrogen and oxygen atoms in total. The number of hydrogen-bond acceptors (Lipinski definition) is 3. The SMILES string of the molecule is O=C(CCl)N(CCc1ccc2c(c1)OCO2)C1=CCCCC1. The Labute approximate surface area is 135 Å².